The Labute approximate surface area is 190 Å². The molecule has 0 aliphatic carbocycles. The van der Waals surface area contributed by atoms with Crippen molar-refractivity contribution in [1.82, 2.24) is 9.55 Å². The van der Waals surface area contributed by atoms with Gasteiger partial charge in [-0.3, -0.25) is 24.0 Å². The number of aromatic amines is 1. The molecule has 3 aromatic rings. The number of carbonyl (C=O) groups excluding carboxylic acids is 1. The van der Waals surface area contributed by atoms with Crippen molar-refractivity contribution in [2.45, 2.75) is 46.6 Å². The normalized spacial score (nSPS) is 11.2. The van der Waals surface area contributed by atoms with Crippen LogP contribution in [0.1, 0.15) is 50.6 Å². The van der Waals surface area contributed by atoms with Gasteiger partial charge in [-0.1, -0.05) is 39.3 Å². The smallest absolute Gasteiger partial charge is 0.330 e. The third-order valence-corrected chi connectivity index (χ3v) is 5.35. The van der Waals surface area contributed by atoms with E-state index < -0.39 is 23.0 Å². The van der Waals surface area contributed by atoms with Gasteiger partial charge in [0.15, 0.2) is 11.4 Å². The van der Waals surface area contributed by atoms with Gasteiger partial charge in [0, 0.05) is 13.1 Å². The summed E-state index contributed by atoms with van der Waals surface area (Å²) in [5, 5.41) is 0. The minimum atomic E-state index is -0.747. The zero-order valence-electron chi connectivity index (χ0n) is 19.1. The largest absolute Gasteiger partial charge is 0.451 e. The van der Waals surface area contributed by atoms with Crippen molar-refractivity contribution >= 4 is 17.4 Å². The highest BCUT2D eigenvalue weighted by Gasteiger charge is 2.27. The molecule has 33 heavy (non-hydrogen) atoms. The van der Waals surface area contributed by atoms with Gasteiger partial charge in [0.05, 0.1) is 5.56 Å². The van der Waals surface area contributed by atoms with Crippen molar-refractivity contribution in [3.63, 3.8) is 0 Å². The highest BCUT2D eigenvalue weighted by atomic mass is 19.1. The van der Waals surface area contributed by atoms with E-state index in [0.29, 0.717) is 19.4 Å². The second-order valence-electron chi connectivity index (χ2n) is 8.28. The number of anilines is 2. The zero-order valence-corrected chi connectivity index (χ0v) is 19.1. The van der Waals surface area contributed by atoms with Crippen molar-refractivity contribution in [2.24, 2.45) is 5.92 Å². The van der Waals surface area contributed by atoms with Crippen molar-refractivity contribution in [3.8, 4) is 11.3 Å². The standard InChI is InChI=1S/C24H29FN4O4/c1-4-5-13-29-21(26)20(22(30)27-24(29)32)28(14-12-15(2)3)23(31)19-11-10-18(33-19)16-8-6-7-9-17(16)25/h6-11,15H,4-5,12-14,26H2,1-3H3,(H,27,30,32). The Kier molecular flexibility index (Phi) is 7.52. The summed E-state index contributed by atoms with van der Waals surface area (Å²) < 4.78 is 21.1. The molecule has 0 fully saturated rings. The second kappa shape index (κ2) is 10.3. The van der Waals surface area contributed by atoms with Crippen LogP contribution in [0.2, 0.25) is 0 Å². The maximum atomic E-state index is 14.2. The first kappa shape index (κ1) is 24.0. The average molecular weight is 457 g/mol. The van der Waals surface area contributed by atoms with E-state index in [9.17, 15) is 18.8 Å². The van der Waals surface area contributed by atoms with Crippen LogP contribution >= 0.6 is 0 Å². The molecular weight excluding hydrogens is 427 g/mol. The summed E-state index contributed by atoms with van der Waals surface area (Å²) in [4.78, 5) is 42.0. The monoisotopic (exact) mass is 456 g/mol. The zero-order chi connectivity index (χ0) is 24.1. The van der Waals surface area contributed by atoms with Gasteiger partial charge < -0.3 is 10.2 Å². The molecule has 0 aliphatic heterocycles. The van der Waals surface area contributed by atoms with Gasteiger partial charge in [0.25, 0.3) is 11.5 Å². The number of aromatic nitrogens is 2. The Morgan fingerprint density at radius 2 is 1.94 bits per heavy atom. The van der Waals surface area contributed by atoms with Crippen molar-refractivity contribution < 1.29 is 13.6 Å². The molecule has 2 heterocycles. The summed E-state index contributed by atoms with van der Waals surface area (Å²) in [7, 11) is 0. The number of amides is 1. The molecule has 0 saturated carbocycles. The van der Waals surface area contributed by atoms with E-state index >= 15 is 0 Å². The number of hydrogen-bond acceptors (Lipinski definition) is 5. The molecule has 0 bridgehead atoms. The summed E-state index contributed by atoms with van der Waals surface area (Å²) in [5.74, 6) is -0.799. The lowest BCUT2D eigenvalue weighted by atomic mass is 10.1. The van der Waals surface area contributed by atoms with E-state index in [1.165, 1.54) is 27.7 Å². The van der Waals surface area contributed by atoms with E-state index in [1.54, 1.807) is 18.2 Å². The fourth-order valence-electron chi connectivity index (χ4n) is 3.47. The van der Waals surface area contributed by atoms with Crippen molar-refractivity contribution in [3.05, 3.63) is 68.8 Å². The topological polar surface area (TPSA) is 114 Å². The Morgan fingerprint density at radius 3 is 2.61 bits per heavy atom. The highest BCUT2D eigenvalue weighted by molar-refractivity contribution is 6.05. The minimum Gasteiger partial charge on any atom is -0.451 e. The predicted molar refractivity (Wildman–Crippen MR) is 126 cm³/mol. The number of nitrogen functional groups attached to an aromatic ring is 1. The van der Waals surface area contributed by atoms with Crippen LogP contribution in [0.4, 0.5) is 15.9 Å². The number of H-pyrrole nitrogens is 1. The Hall–Kier alpha value is -3.62. The number of halogens is 1. The number of rotatable bonds is 9. The maximum Gasteiger partial charge on any atom is 0.330 e. The van der Waals surface area contributed by atoms with Gasteiger partial charge >= 0.3 is 5.69 Å². The molecule has 8 nitrogen and oxygen atoms in total. The highest BCUT2D eigenvalue weighted by Crippen LogP contribution is 2.27. The molecule has 0 spiro atoms. The molecular formula is C24H29FN4O4. The summed E-state index contributed by atoms with van der Waals surface area (Å²) in [6, 6.07) is 9.01. The minimum absolute atomic E-state index is 0.0675. The lowest BCUT2D eigenvalue weighted by molar-refractivity contribution is 0.0959. The van der Waals surface area contributed by atoms with Gasteiger partial charge in [-0.15, -0.1) is 0 Å². The number of furan rings is 1. The van der Waals surface area contributed by atoms with Crippen LogP contribution in [-0.2, 0) is 6.54 Å². The van der Waals surface area contributed by atoms with Crippen LogP contribution < -0.4 is 21.9 Å². The Balaban J connectivity index is 2.06. The molecule has 3 N–H and O–H groups in total. The Bertz CT molecular complexity index is 1240. The molecule has 9 heteroatoms. The predicted octanol–water partition coefficient (Wildman–Crippen LogP) is 4.01. The van der Waals surface area contributed by atoms with Crippen LogP contribution in [0.3, 0.4) is 0 Å². The van der Waals surface area contributed by atoms with Crippen molar-refractivity contribution in [2.75, 3.05) is 17.2 Å². The first-order valence-electron chi connectivity index (χ1n) is 11.0. The van der Waals surface area contributed by atoms with Crippen LogP contribution in [0.25, 0.3) is 11.3 Å². The third-order valence-electron chi connectivity index (χ3n) is 5.35. The van der Waals surface area contributed by atoms with Gasteiger partial charge in [0.1, 0.15) is 17.4 Å². The van der Waals surface area contributed by atoms with E-state index in [2.05, 4.69) is 4.98 Å². The number of unbranched alkanes of at least 4 members (excludes halogenated alkanes) is 1. The molecule has 1 aromatic carbocycles. The molecule has 176 valence electrons. The molecule has 3 rings (SSSR count). The second-order valence-corrected chi connectivity index (χ2v) is 8.28. The molecule has 0 saturated heterocycles. The fourth-order valence-corrected chi connectivity index (χ4v) is 3.47. The lowest BCUT2D eigenvalue weighted by Crippen LogP contribution is -2.41. The van der Waals surface area contributed by atoms with Gasteiger partial charge in [-0.2, -0.15) is 0 Å². The molecule has 0 aliphatic rings. The number of benzene rings is 1. The molecule has 0 radical (unpaired) electrons. The van der Waals surface area contributed by atoms with Gasteiger partial charge in [-0.25, -0.2) is 9.18 Å². The van der Waals surface area contributed by atoms with Gasteiger partial charge in [-0.05, 0) is 43.0 Å². The molecule has 0 atom stereocenters. The Morgan fingerprint density at radius 1 is 1.21 bits per heavy atom. The van der Waals surface area contributed by atoms with Gasteiger partial charge in [0.2, 0.25) is 0 Å². The lowest BCUT2D eigenvalue weighted by Gasteiger charge is -2.24. The number of carbonyl (C=O) groups is 1. The summed E-state index contributed by atoms with van der Waals surface area (Å²) >= 11 is 0. The summed E-state index contributed by atoms with van der Waals surface area (Å²) in [6.07, 6.45) is 2.08. The number of nitrogens with two attached hydrogens (primary N) is 1. The van der Waals surface area contributed by atoms with E-state index in [1.807, 2.05) is 20.8 Å². The first-order chi connectivity index (χ1) is 15.7. The van der Waals surface area contributed by atoms with Crippen LogP contribution in [0, 0.1) is 11.7 Å². The van der Waals surface area contributed by atoms with Crippen LogP contribution in [0.5, 0.6) is 0 Å². The van der Waals surface area contributed by atoms with Crippen molar-refractivity contribution in [1.29, 1.82) is 0 Å². The number of nitrogens with zero attached hydrogens (tertiary/aromatic N) is 2. The van der Waals surface area contributed by atoms with E-state index in [0.717, 1.165) is 6.42 Å². The number of nitrogens with one attached hydrogen (secondary N) is 1. The first-order valence-corrected chi connectivity index (χ1v) is 11.0. The average Bonchev–Trinajstić information content (AvgIpc) is 3.25. The summed E-state index contributed by atoms with van der Waals surface area (Å²) in [6.45, 7) is 6.44. The molecule has 2 aromatic heterocycles. The van der Waals surface area contributed by atoms with Crippen LogP contribution in [-0.4, -0.2) is 22.0 Å². The molecule has 1 amide bonds. The van der Waals surface area contributed by atoms with E-state index in [-0.39, 0.29) is 41.1 Å². The quantitative estimate of drug-likeness (QED) is 0.505. The fraction of sp³-hybridized carbons (Fsp3) is 0.375. The summed E-state index contributed by atoms with van der Waals surface area (Å²) in [5.41, 5.74) is 4.99. The SMILES string of the molecule is CCCCn1c(N)c(N(CCC(C)C)C(=O)c2ccc(-c3ccccc3F)o2)c(=O)[nH]c1=O. The molecule has 0 unspecified atom stereocenters. The third kappa shape index (κ3) is 5.24. The number of hydrogen-bond donors (Lipinski definition) is 2. The maximum absolute atomic E-state index is 14.2. The van der Waals surface area contributed by atoms with E-state index in [4.69, 9.17) is 10.2 Å². The van der Waals surface area contributed by atoms with Crippen LogP contribution in [0.15, 0.2) is 50.4 Å².